The first-order chi connectivity index (χ1) is 14.0. The zero-order valence-electron chi connectivity index (χ0n) is 18.3. The first-order valence-corrected chi connectivity index (χ1v) is 12.6. The summed E-state index contributed by atoms with van der Waals surface area (Å²) >= 11 is 0. The minimum absolute atomic E-state index is 0.0756. The Kier molecular flexibility index (Phi) is 5.41. The molecule has 4 bridgehead atoms. The third-order valence-corrected chi connectivity index (χ3v) is 9.29. The highest BCUT2D eigenvalue weighted by atomic mass is 16.2. The Balaban J connectivity index is 1.20. The van der Waals surface area contributed by atoms with E-state index in [2.05, 4.69) is 17.1 Å². The van der Waals surface area contributed by atoms with Gasteiger partial charge in [0.15, 0.2) is 0 Å². The van der Waals surface area contributed by atoms with Crippen LogP contribution in [-0.2, 0) is 9.59 Å². The summed E-state index contributed by atoms with van der Waals surface area (Å²) in [4.78, 5) is 28.3. The molecule has 0 aromatic rings. The van der Waals surface area contributed by atoms with E-state index in [4.69, 9.17) is 0 Å². The van der Waals surface area contributed by atoms with E-state index in [1.807, 2.05) is 0 Å². The van der Waals surface area contributed by atoms with Crippen molar-refractivity contribution in [1.29, 1.82) is 0 Å². The van der Waals surface area contributed by atoms with E-state index >= 15 is 0 Å². The molecular weight excluding hydrogens is 360 g/mol. The average molecular weight is 401 g/mol. The standard InChI is InChI=1S/C25H40N2O2/c1-17-5-4-8-27(16-17)23(29)15-25(6-2-3-7-25)14-22(28)26-24-20-10-18-9-19(12-20)13-21(24)11-18/h17-21,24H,2-16H2,1H3,(H,26,28)/t17-,18?,19?,20?,21?,24?/m0/s1. The van der Waals surface area contributed by atoms with Gasteiger partial charge in [0.2, 0.25) is 11.8 Å². The van der Waals surface area contributed by atoms with Crippen LogP contribution in [0.3, 0.4) is 0 Å². The summed E-state index contributed by atoms with van der Waals surface area (Å²) in [7, 11) is 0. The lowest BCUT2D eigenvalue weighted by atomic mass is 9.54. The van der Waals surface area contributed by atoms with Gasteiger partial charge >= 0.3 is 0 Å². The van der Waals surface area contributed by atoms with Crippen LogP contribution >= 0.6 is 0 Å². The predicted molar refractivity (Wildman–Crippen MR) is 114 cm³/mol. The van der Waals surface area contributed by atoms with Crippen LogP contribution < -0.4 is 5.32 Å². The SMILES string of the molecule is C[C@H]1CCCN(C(=O)CC2(CC(=O)NC3C4CC5CC(C4)CC3C5)CCCC2)C1. The van der Waals surface area contributed by atoms with E-state index in [0.29, 0.717) is 30.7 Å². The molecule has 0 unspecified atom stereocenters. The lowest BCUT2D eigenvalue weighted by molar-refractivity contribution is -0.136. The summed E-state index contributed by atoms with van der Waals surface area (Å²) in [5, 5.41) is 3.51. The monoisotopic (exact) mass is 400 g/mol. The van der Waals surface area contributed by atoms with Crippen molar-refractivity contribution in [2.45, 2.75) is 96.4 Å². The van der Waals surface area contributed by atoms with Crippen LogP contribution in [-0.4, -0.2) is 35.8 Å². The molecule has 0 aromatic carbocycles. The highest BCUT2D eigenvalue weighted by molar-refractivity contribution is 5.81. The molecule has 6 fully saturated rings. The number of hydrogen-bond acceptors (Lipinski definition) is 2. The first-order valence-electron chi connectivity index (χ1n) is 12.6. The van der Waals surface area contributed by atoms with Crippen LogP contribution in [0.4, 0.5) is 0 Å². The maximum Gasteiger partial charge on any atom is 0.223 e. The number of amides is 2. The largest absolute Gasteiger partial charge is 0.353 e. The van der Waals surface area contributed by atoms with Gasteiger partial charge in [-0.15, -0.1) is 0 Å². The van der Waals surface area contributed by atoms with E-state index in [9.17, 15) is 9.59 Å². The Labute approximate surface area is 176 Å². The van der Waals surface area contributed by atoms with E-state index < -0.39 is 0 Å². The molecule has 2 amide bonds. The number of nitrogens with one attached hydrogen (secondary N) is 1. The Morgan fingerprint density at radius 3 is 2.21 bits per heavy atom. The van der Waals surface area contributed by atoms with Crippen LogP contribution in [0.1, 0.15) is 90.4 Å². The summed E-state index contributed by atoms with van der Waals surface area (Å²) in [5.74, 6) is 4.50. The van der Waals surface area contributed by atoms with Crippen LogP contribution in [0.5, 0.6) is 0 Å². The minimum Gasteiger partial charge on any atom is -0.353 e. The fourth-order valence-electron chi connectivity index (χ4n) is 8.13. The average Bonchev–Trinajstić information content (AvgIpc) is 3.12. The molecule has 0 aromatic heterocycles. The van der Waals surface area contributed by atoms with Crippen LogP contribution in [0.2, 0.25) is 0 Å². The van der Waals surface area contributed by atoms with Crippen molar-refractivity contribution in [2.24, 2.45) is 35.0 Å². The summed E-state index contributed by atoms with van der Waals surface area (Å²) in [6.07, 6.45) is 14.8. The van der Waals surface area contributed by atoms with Crippen molar-refractivity contribution in [2.75, 3.05) is 13.1 Å². The van der Waals surface area contributed by atoms with Crippen LogP contribution in [0, 0.1) is 35.0 Å². The molecule has 162 valence electrons. The third kappa shape index (κ3) is 4.10. The molecule has 1 heterocycles. The normalized spacial score (nSPS) is 40.2. The van der Waals surface area contributed by atoms with Crippen molar-refractivity contribution < 1.29 is 9.59 Å². The zero-order chi connectivity index (χ0) is 20.0. The maximum absolute atomic E-state index is 13.2. The molecular formula is C25H40N2O2. The van der Waals surface area contributed by atoms with Gasteiger partial charge in [-0.05, 0) is 92.8 Å². The second-order valence-electron chi connectivity index (χ2n) is 11.7. The van der Waals surface area contributed by atoms with Gasteiger partial charge in [-0.25, -0.2) is 0 Å². The van der Waals surface area contributed by atoms with Gasteiger partial charge in [0.1, 0.15) is 0 Å². The lowest BCUT2D eigenvalue weighted by Crippen LogP contribution is -2.56. The Bertz CT molecular complexity index is 611. The van der Waals surface area contributed by atoms with Crippen molar-refractivity contribution in [3.8, 4) is 0 Å². The Morgan fingerprint density at radius 2 is 1.59 bits per heavy atom. The number of nitrogens with zero attached hydrogens (tertiary/aromatic N) is 1. The van der Waals surface area contributed by atoms with E-state index in [1.54, 1.807) is 0 Å². The molecule has 1 saturated heterocycles. The number of piperidine rings is 1. The number of hydrogen-bond donors (Lipinski definition) is 1. The van der Waals surface area contributed by atoms with E-state index in [1.165, 1.54) is 51.4 Å². The van der Waals surface area contributed by atoms with Gasteiger partial charge in [-0.2, -0.15) is 0 Å². The van der Waals surface area contributed by atoms with Crippen molar-refractivity contribution in [3.05, 3.63) is 0 Å². The van der Waals surface area contributed by atoms with Gasteiger partial charge in [0, 0.05) is 32.0 Å². The highest BCUT2D eigenvalue weighted by Crippen LogP contribution is 2.54. The van der Waals surface area contributed by atoms with Gasteiger partial charge in [0.25, 0.3) is 0 Å². The molecule has 0 spiro atoms. The Morgan fingerprint density at radius 1 is 0.931 bits per heavy atom. The molecule has 5 saturated carbocycles. The molecule has 6 aliphatic rings. The summed E-state index contributed by atoms with van der Waals surface area (Å²) in [5.41, 5.74) is -0.0756. The molecule has 4 heteroatoms. The topological polar surface area (TPSA) is 49.4 Å². The predicted octanol–water partition coefficient (Wildman–Crippen LogP) is 4.53. The Hall–Kier alpha value is -1.06. The molecule has 29 heavy (non-hydrogen) atoms. The molecule has 4 nitrogen and oxygen atoms in total. The van der Waals surface area contributed by atoms with E-state index in [0.717, 1.165) is 56.0 Å². The zero-order valence-corrected chi connectivity index (χ0v) is 18.3. The molecule has 1 aliphatic heterocycles. The van der Waals surface area contributed by atoms with Crippen LogP contribution in [0.25, 0.3) is 0 Å². The third-order valence-electron chi connectivity index (χ3n) is 9.29. The number of rotatable bonds is 5. The number of likely N-dealkylation sites (tertiary alicyclic amines) is 1. The second kappa shape index (κ2) is 7.89. The van der Waals surface area contributed by atoms with Gasteiger partial charge in [-0.3, -0.25) is 9.59 Å². The quantitative estimate of drug-likeness (QED) is 0.737. The lowest BCUT2D eigenvalue weighted by Gasteiger charge is -2.54. The number of carbonyl (C=O) groups excluding carboxylic acids is 2. The molecule has 1 atom stereocenters. The summed E-state index contributed by atoms with van der Waals surface area (Å²) < 4.78 is 0. The fraction of sp³-hybridized carbons (Fsp3) is 0.920. The minimum atomic E-state index is -0.0756. The molecule has 0 radical (unpaired) electrons. The van der Waals surface area contributed by atoms with Gasteiger partial charge < -0.3 is 10.2 Å². The highest BCUT2D eigenvalue weighted by Gasteiger charge is 2.49. The maximum atomic E-state index is 13.2. The van der Waals surface area contributed by atoms with Crippen LogP contribution in [0.15, 0.2) is 0 Å². The molecule has 1 N–H and O–H groups in total. The van der Waals surface area contributed by atoms with Crippen molar-refractivity contribution >= 4 is 11.8 Å². The van der Waals surface area contributed by atoms with Crippen molar-refractivity contribution in [1.82, 2.24) is 10.2 Å². The smallest absolute Gasteiger partial charge is 0.223 e. The summed E-state index contributed by atoms with van der Waals surface area (Å²) in [6, 6.07) is 0.424. The molecule has 5 aliphatic carbocycles. The first kappa shape index (κ1) is 19.9. The fourth-order valence-corrected chi connectivity index (χ4v) is 8.13. The number of carbonyl (C=O) groups is 2. The van der Waals surface area contributed by atoms with Gasteiger partial charge in [0.05, 0.1) is 0 Å². The van der Waals surface area contributed by atoms with E-state index in [-0.39, 0.29) is 11.3 Å². The molecule has 6 rings (SSSR count). The second-order valence-corrected chi connectivity index (χ2v) is 11.7. The summed E-state index contributed by atoms with van der Waals surface area (Å²) in [6.45, 7) is 4.08. The van der Waals surface area contributed by atoms with Gasteiger partial charge in [-0.1, -0.05) is 19.8 Å². The van der Waals surface area contributed by atoms with Crippen molar-refractivity contribution in [3.63, 3.8) is 0 Å².